The fourth-order valence-electron chi connectivity index (χ4n) is 0.468. The summed E-state index contributed by atoms with van der Waals surface area (Å²) in [5, 5.41) is 10.8. The maximum absolute atomic E-state index is 8.09. The van der Waals surface area contributed by atoms with E-state index < -0.39 is 0 Å². The Labute approximate surface area is 65.8 Å². The summed E-state index contributed by atoms with van der Waals surface area (Å²) in [7, 11) is 0. The molecule has 0 radical (unpaired) electrons. The lowest BCUT2D eigenvalue weighted by atomic mass is 10.6. The molecule has 5 heteroatoms. The van der Waals surface area contributed by atoms with Crippen LogP contribution in [-0.2, 0) is 9.47 Å². The van der Waals surface area contributed by atoms with E-state index in [0.29, 0.717) is 19.8 Å². The van der Waals surface area contributed by atoms with Gasteiger partial charge in [-0.1, -0.05) is 5.16 Å². The highest BCUT2D eigenvalue weighted by Gasteiger charge is 1.91. The van der Waals surface area contributed by atoms with Gasteiger partial charge < -0.3 is 20.4 Å². The summed E-state index contributed by atoms with van der Waals surface area (Å²) in [5.41, 5.74) is 5.12. The van der Waals surface area contributed by atoms with Crippen molar-refractivity contribution in [2.45, 2.75) is 6.92 Å². The lowest BCUT2D eigenvalue weighted by Crippen LogP contribution is -2.20. The lowest BCUT2D eigenvalue weighted by Gasteiger charge is -2.01. The van der Waals surface area contributed by atoms with Gasteiger partial charge in [-0.05, 0) is 6.92 Å². The smallest absolute Gasteiger partial charge is 0.165 e. The van der Waals surface area contributed by atoms with Crippen LogP contribution in [0.3, 0.4) is 0 Å². The molecule has 11 heavy (non-hydrogen) atoms. The molecule has 0 saturated carbocycles. The number of hydrogen-bond acceptors (Lipinski definition) is 4. The Bertz CT molecular complexity index is 116. The molecule has 0 bridgehead atoms. The van der Waals surface area contributed by atoms with E-state index in [1.165, 1.54) is 0 Å². The number of oxime groups is 1. The predicted octanol–water partition coefficient (Wildman–Crippen LogP) is -0.214. The van der Waals surface area contributed by atoms with Crippen molar-refractivity contribution in [3.8, 4) is 0 Å². The van der Waals surface area contributed by atoms with Gasteiger partial charge in [0.25, 0.3) is 0 Å². The molecule has 0 rings (SSSR count). The largest absolute Gasteiger partial charge is 0.409 e. The van der Waals surface area contributed by atoms with Gasteiger partial charge in [0.1, 0.15) is 6.61 Å². The fourth-order valence-corrected chi connectivity index (χ4v) is 0.468. The summed E-state index contributed by atoms with van der Waals surface area (Å²) in [6, 6.07) is 0. The number of rotatable bonds is 6. The van der Waals surface area contributed by atoms with Crippen molar-refractivity contribution in [3.63, 3.8) is 0 Å². The molecule has 0 aliphatic rings. The third-order valence-electron chi connectivity index (χ3n) is 0.955. The number of amidine groups is 1. The summed E-state index contributed by atoms with van der Waals surface area (Å²) in [4.78, 5) is 0. The first-order chi connectivity index (χ1) is 5.31. The monoisotopic (exact) mass is 162 g/mol. The van der Waals surface area contributed by atoms with Crippen LogP contribution in [0, 0.1) is 0 Å². The molecule has 66 valence electrons. The van der Waals surface area contributed by atoms with E-state index in [0.717, 1.165) is 0 Å². The van der Waals surface area contributed by atoms with Crippen LogP contribution in [0.2, 0.25) is 0 Å². The van der Waals surface area contributed by atoms with Crippen LogP contribution in [0.25, 0.3) is 0 Å². The summed E-state index contributed by atoms with van der Waals surface area (Å²) >= 11 is 0. The van der Waals surface area contributed by atoms with Gasteiger partial charge in [0.2, 0.25) is 0 Å². The molecule has 0 saturated heterocycles. The van der Waals surface area contributed by atoms with Crippen LogP contribution in [-0.4, -0.2) is 37.5 Å². The van der Waals surface area contributed by atoms with Crippen molar-refractivity contribution in [2.24, 2.45) is 10.9 Å². The van der Waals surface area contributed by atoms with E-state index in [9.17, 15) is 0 Å². The van der Waals surface area contributed by atoms with E-state index >= 15 is 0 Å². The van der Waals surface area contributed by atoms with E-state index in [2.05, 4.69) is 5.16 Å². The van der Waals surface area contributed by atoms with Crippen LogP contribution in [0.4, 0.5) is 0 Å². The normalized spacial score (nSPS) is 11.9. The van der Waals surface area contributed by atoms with Crippen molar-refractivity contribution in [2.75, 3.05) is 26.4 Å². The Hall–Kier alpha value is -0.810. The van der Waals surface area contributed by atoms with Crippen molar-refractivity contribution in [3.05, 3.63) is 0 Å². The van der Waals surface area contributed by atoms with Crippen molar-refractivity contribution >= 4 is 5.84 Å². The minimum Gasteiger partial charge on any atom is -0.409 e. The highest BCUT2D eigenvalue weighted by Crippen LogP contribution is 1.77. The van der Waals surface area contributed by atoms with Gasteiger partial charge in [-0.3, -0.25) is 0 Å². The van der Waals surface area contributed by atoms with Crippen molar-refractivity contribution in [1.29, 1.82) is 0 Å². The standard InChI is InChI=1S/C6H14N2O3/c1-2-10-3-4-11-5-6(7)8-9/h9H,2-5H2,1H3,(H2,7,8). The van der Waals surface area contributed by atoms with Crippen molar-refractivity contribution < 1.29 is 14.7 Å². The Balaban J connectivity index is 3.02. The molecular weight excluding hydrogens is 148 g/mol. The Morgan fingerprint density at radius 2 is 2.09 bits per heavy atom. The second-order valence-corrected chi connectivity index (χ2v) is 1.84. The first-order valence-corrected chi connectivity index (χ1v) is 3.43. The predicted molar refractivity (Wildman–Crippen MR) is 40.7 cm³/mol. The van der Waals surface area contributed by atoms with Gasteiger partial charge in [-0.2, -0.15) is 0 Å². The molecule has 0 aromatic heterocycles. The quantitative estimate of drug-likeness (QED) is 0.186. The lowest BCUT2D eigenvalue weighted by molar-refractivity contribution is 0.0671. The van der Waals surface area contributed by atoms with Gasteiger partial charge in [0, 0.05) is 6.61 Å². The Morgan fingerprint density at radius 1 is 1.45 bits per heavy atom. The first kappa shape index (κ1) is 10.2. The molecular formula is C6H14N2O3. The minimum absolute atomic E-state index is 0.0708. The SMILES string of the molecule is CCOCCOC/C(N)=N/O. The summed E-state index contributed by atoms with van der Waals surface area (Å²) < 4.78 is 9.93. The third kappa shape index (κ3) is 7.08. The van der Waals surface area contributed by atoms with Gasteiger partial charge in [-0.15, -0.1) is 0 Å². The van der Waals surface area contributed by atoms with Crippen molar-refractivity contribution in [1.82, 2.24) is 0 Å². The molecule has 0 heterocycles. The number of nitrogens with two attached hydrogens (primary N) is 1. The number of ether oxygens (including phenoxy) is 2. The zero-order valence-electron chi connectivity index (χ0n) is 6.62. The summed E-state index contributed by atoms with van der Waals surface area (Å²) in [6.45, 7) is 3.72. The maximum Gasteiger partial charge on any atom is 0.165 e. The van der Waals surface area contributed by atoms with Gasteiger partial charge in [-0.25, -0.2) is 0 Å². The first-order valence-electron chi connectivity index (χ1n) is 3.43. The molecule has 0 fully saturated rings. The minimum atomic E-state index is 0.0708. The average molecular weight is 162 g/mol. The van der Waals surface area contributed by atoms with Gasteiger partial charge in [0.15, 0.2) is 5.84 Å². The Morgan fingerprint density at radius 3 is 2.64 bits per heavy atom. The molecule has 0 aromatic rings. The average Bonchev–Trinajstić information content (AvgIpc) is 2.04. The summed E-state index contributed by atoms with van der Waals surface area (Å²) in [6.07, 6.45) is 0. The molecule has 5 nitrogen and oxygen atoms in total. The third-order valence-corrected chi connectivity index (χ3v) is 0.955. The van der Waals surface area contributed by atoms with E-state index in [-0.39, 0.29) is 12.4 Å². The fraction of sp³-hybridized carbons (Fsp3) is 0.833. The van der Waals surface area contributed by atoms with Gasteiger partial charge in [0.05, 0.1) is 13.2 Å². The zero-order chi connectivity index (χ0) is 8.53. The van der Waals surface area contributed by atoms with Crippen LogP contribution in [0.15, 0.2) is 5.16 Å². The molecule has 3 N–H and O–H groups in total. The van der Waals surface area contributed by atoms with E-state index in [1.807, 2.05) is 6.92 Å². The molecule has 0 unspecified atom stereocenters. The summed E-state index contributed by atoms with van der Waals surface area (Å²) in [5.74, 6) is 0.0708. The Kier molecular flexibility index (Phi) is 6.76. The van der Waals surface area contributed by atoms with Crippen LogP contribution >= 0.6 is 0 Å². The molecule has 0 aliphatic carbocycles. The maximum atomic E-state index is 8.09. The molecule has 0 aromatic carbocycles. The second-order valence-electron chi connectivity index (χ2n) is 1.84. The van der Waals surface area contributed by atoms with Crippen LogP contribution < -0.4 is 5.73 Å². The highest BCUT2D eigenvalue weighted by molar-refractivity contribution is 5.80. The number of nitrogens with zero attached hydrogens (tertiary/aromatic N) is 1. The zero-order valence-corrected chi connectivity index (χ0v) is 6.62. The molecule has 0 atom stereocenters. The molecule has 0 spiro atoms. The number of hydrogen-bond donors (Lipinski definition) is 2. The highest BCUT2D eigenvalue weighted by atomic mass is 16.5. The van der Waals surface area contributed by atoms with Crippen LogP contribution in [0.1, 0.15) is 6.92 Å². The van der Waals surface area contributed by atoms with Gasteiger partial charge >= 0.3 is 0 Å². The van der Waals surface area contributed by atoms with E-state index in [1.54, 1.807) is 0 Å². The molecule has 0 amide bonds. The molecule has 0 aliphatic heterocycles. The topological polar surface area (TPSA) is 77.1 Å². The van der Waals surface area contributed by atoms with Crippen LogP contribution in [0.5, 0.6) is 0 Å². The van der Waals surface area contributed by atoms with E-state index in [4.69, 9.17) is 20.4 Å². The second kappa shape index (κ2) is 7.30.